The number of aryl methyl sites for hydroxylation is 1. The third-order valence-corrected chi connectivity index (χ3v) is 4.48. The van der Waals surface area contributed by atoms with Gasteiger partial charge in [0.1, 0.15) is 5.75 Å². The Balaban J connectivity index is 1.44. The summed E-state index contributed by atoms with van der Waals surface area (Å²) in [6, 6.07) is 22.9. The maximum absolute atomic E-state index is 5.87. The van der Waals surface area contributed by atoms with E-state index >= 15 is 0 Å². The van der Waals surface area contributed by atoms with Gasteiger partial charge in [-0.3, -0.25) is 0 Å². The van der Waals surface area contributed by atoms with Gasteiger partial charge in [0, 0.05) is 23.2 Å². The van der Waals surface area contributed by atoms with Crippen LogP contribution in [0.1, 0.15) is 16.9 Å². The highest BCUT2D eigenvalue weighted by atomic mass is 32.1. The van der Waals surface area contributed by atoms with E-state index in [1.54, 1.807) is 11.3 Å². The van der Waals surface area contributed by atoms with E-state index in [0.717, 1.165) is 37.4 Å². The average Bonchev–Trinajstić information content (AvgIpc) is 3.12. The van der Waals surface area contributed by atoms with Gasteiger partial charge in [-0.05, 0) is 42.0 Å². The lowest BCUT2D eigenvalue weighted by atomic mass is 10.1. The molecule has 0 aliphatic heterocycles. The molecule has 2 nitrogen and oxygen atoms in total. The lowest BCUT2D eigenvalue weighted by Crippen LogP contribution is -2.01. The van der Waals surface area contributed by atoms with Gasteiger partial charge in [0.05, 0.1) is 6.61 Å². The van der Waals surface area contributed by atoms with Crippen molar-refractivity contribution in [3.8, 4) is 5.75 Å². The van der Waals surface area contributed by atoms with Crippen LogP contribution >= 0.6 is 11.3 Å². The number of benzene rings is 2. The Morgan fingerprint density at radius 3 is 2.65 bits per heavy atom. The van der Waals surface area contributed by atoms with E-state index in [1.165, 1.54) is 10.4 Å². The van der Waals surface area contributed by atoms with E-state index in [9.17, 15) is 0 Å². The molecule has 0 radical (unpaired) electrons. The van der Waals surface area contributed by atoms with Crippen LogP contribution in [0.15, 0.2) is 72.1 Å². The van der Waals surface area contributed by atoms with Crippen molar-refractivity contribution in [1.82, 2.24) is 0 Å². The van der Waals surface area contributed by atoms with Gasteiger partial charge in [0.25, 0.3) is 0 Å². The molecule has 0 amide bonds. The molecule has 0 saturated carbocycles. The van der Waals surface area contributed by atoms with E-state index in [-0.39, 0.29) is 0 Å². The lowest BCUT2D eigenvalue weighted by Gasteiger charge is -2.09. The van der Waals surface area contributed by atoms with E-state index in [4.69, 9.17) is 4.74 Å². The minimum atomic E-state index is 0.739. The van der Waals surface area contributed by atoms with Crippen molar-refractivity contribution in [2.45, 2.75) is 19.4 Å². The molecule has 0 atom stereocenters. The van der Waals surface area contributed by atoms with Gasteiger partial charge in [-0.25, -0.2) is 0 Å². The molecule has 0 bridgehead atoms. The van der Waals surface area contributed by atoms with E-state index in [0.29, 0.717) is 0 Å². The highest BCUT2D eigenvalue weighted by molar-refractivity contribution is 7.09. The molecule has 23 heavy (non-hydrogen) atoms. The fourth-order valence-corrected chi connectivity index (χ4v) is 3.05. The summed E-state index contributed by atoms with van der Waals surface area (Å²) in [5.74, 6) is 0.925. The average molecular weight is 323 g/mol. The van der Waals surface area contributed by atoms with Crippen LogP contribution in [0, 0.1) is 0 Å². The van der Waals surface area contributed by atoms with Gasteiger partial charge in [-0.1, -0.05) is 42.5 Å². The fraction of sp³-hybridized carbons (Fsp3) is 0.200. The Hall–Kier alpha value is -2.26. The van der Waals surface area contributed by atoms with Crippen LogP contribution < -0.4 is 10.1 Å². The van der Waals surface area contributed by atoms with Crippen LogP contribution in [0.5, 0.6) is 5.75 Å². The van der Waals surface area contributed by atoms with Gasteiger partial charge < -0.3 is 10.1 Å². The second-order valence-corrected chi connectivity index (χ2v) is 6.43. The van der Waals surface area contributed by atoms with E-state index < -0.39 is 0 Å². The summed E-state index contributed by atoms with van der Waals surface area (Å²) >= 11 is 1.77. The molecule has 0 unspecified atom stereocenters. The maximum atomic E-state index is 5.87. The second-order valence-electron chi connectivity index (χ2n) is 5.40. The van der Waals surface area contributed by atoms with Crippen LogP contribution in [0.4, 0.5) is 5.69 Å². The van der Waals surface area contributed by atoms with Gasteiger partial charge in [0.15, 0.2) is 0 Å². The Kier molecular flexibility index (Phi) is 5.70. The van der Waals surface area contributed by atoms with Gasteiger partial charge >= 0.3 is 0 Å². The molecular formula is C20H21NOS. The molecular weight excluding hydrogens is 302 g/mol. The van der Waals surface area contributed by atoms with E-state index in [2.05, 4.69) is 65.3 Å². The number of rotatable bonds is 8. The number of ether oxygens (including phenoxy) is 1. The molecule has 3 aromatic rings. The molecule has 118 valence electrons. The Bertz CT molecular complexity index is 695. The molecule has 0 aliphatic carbocycles. The first-order valence-electron chi connectivity index (χ1n) is 7.93. The molecule has 3 rings (SSSR count). The van der Waals surface area contributed by atoms with Gasteiger partial charge in [-0.15, -0.1) is 11.3 Å². The van der Waals surface area contributed by atoms with Crippen molar-refractivity contribution in [3.05, 3.63) is 82.6 Å². The summed E-state index contributed by atoms with van der Waals surface area (Å²) in [5.41, 5.74) is 2.46. The first-order valence-corrected chi connectivity index (χ1v) is 8.81. The highest BCUT2D eigenvalue weighted by Gasteiger charge is 1.99. The quantitative estimate of drug-likeness (QED) is 0.563. The van der Waals surface area contributed by atoms with Crippen molar-refractivity contribution in [3.63, 3.8) is 0 Å². The topological polar surface area (TPSA) is 21.3 Å². The summed E-state index contributed by atoms with van der Waals surface area (Å²) in [6.07, 6.45) is 2.08. The summed E-state index contributed by atoms with van der Waals surface area (Å²) in [7, 11) is 0. The van der Waals surface area contributed by atoms with Crippen molar-refractivity contribution in [1.29, 1.82) is 0 Å². The van der Waals surface area contributed by atoms with Crippen molar-refractivity contribution >= 4 is 17.0 Å². The molecule has 0 fully saturated rings. The monoisotopic (exact) mass is 323 g/mol. The molecule has 2 aromatic carbocycles. The minimum Gasteiger partial charge on any atom is -0.494 e. The van der Waals surface area contributed by atoms with E-state index in [1.807, 2.05) is 12.1 Å². The Labute approximate surface area is 141 Å². The Morgan fingerprint density at radius 1 is 0.913 bits per heavy atom. The van der Waals surface area contributed by atoms with Crippen molar-refractivity contribution in [2.75, 3.05) is 11.9 Å². The van der Waals surface area contributed by atoms with Crippen LogP contribution in [-0.4, -0.2) is 6.61 Å². The van der Waals surface area contributed by atoms with Crippen LogP contribution in [-0.2, 0) is 13.0 Å². The summed E-state index contributed by atoms with van der Waals surface area (Å²) in [4.78, 5) is 1.33. The summed E-state index contributed by atoms with van der Waals surface area (Å²) in [5, 5.41) is 5.53. The van der Waals surface area contributed by atoms with Crippen molar-refractivity contribution in [2.24, 2.45) is 0 Å². The number of thiophene rings is 1. The molecule has 1 heterocycles. The first-order chi connectivity index (χ1) is 11.4. The lowest BCUT2D eigenvalue weighted by molar-refractivity contribution is 0.311. The summed E-state index contributed by atoms with van der Waals surface area (Å²) in [6.45, 7) is 1.60. The number of anilines is 1. The van der Waals surface area contributed by atoms with Gasteiger partial charge in [0.2, 0.25) is 0 Å². The maximum Gasteiger partial charge on any atom is 0.121 e. The zero-order chi connectivity index (χ0) is 15.7. The predicted octanol–water partition coefficient (Wildman–Crippen LogP) is 5.37. The van der Waals surface area contributed by atoms with Crippen LogP contribution in [0.3, 0.4) is 0 Å². The first kappa shape index (κ1) is 15.6. The molecule has 1 aromatic heterocycles. The predicted molar refractivity (Wildman–Crippen MR) is 98.3 cm³/mol. The zero-order valence-corrected chi connectivity index (χ0v) is 13.9. The molecule has 3 heteroatoms. The summed E-state index contributed by atoms with van der Waals surface area (Å²) < 4.78 is 5.87. The van der Waals surface area contributed by atoms with Crippen LogP contribution in [0.25, 0.3) is 0 Å². The number of nitrogens with one attached hydrogen (secondary N) is 1. The number of hydrogen-bond acceptors (Lipinski definition) is 3. The molecule has 0 saturated heterocycles. The fourth-order valence-electron chi connectivity index (χ4n) is 2.41. The largest absolute Gasteiger partial charge is 0.494 e. The molecule has 0 spiro atoms. The standard InChI is InChI=1S/C20H21NOS/c1-2-7-17(8-3-1)9-5-13-22-19-11-4-10-18(15-19)21-16-20-12-6-14-23-20/h1-4,6-8,10-12,14-15,21H,5,9,13,16H2. The normalized spacial score (nSPS) is 10.4. The SMILES string of the molecule is c1ccc(CCCOc2cccc(NCc3cccs3)c2)cc1. The minimum absolute atomic E-state index is 0.739. The smallest absolute Gasteiger partial charge is 0.121 e. The van der Waals surface area contributed by atoms with Gasteiger partial charge in [-0.2, -0.15) is 0 Å². The zero-order valence-electron chi connectivity index (χ0n) is 13.1. The Morgan fingerprint density at radius 2 is 1.83 bits per heavy atom. The third kappa shape index (κ3) is 5.15. The number of hydrogen-bond donors (Lipinski definition) is 1. The van der Waals surface area contributed by atoms with Crippen LogP contribution in [0.2, 0.25) is 0 Å². The van der Waals surface area contributed by atoms with Crippen molar-refractivity contribution < 1.29 is 4.74 Å². The highest BCUT2D eigenvalue weighted by Crippen LogP contribution is 2.19. The third-order valence-electron chi connectivity index (χ3n) is 3.60. The molecule has 0 aliphatic rings. The molecule has 1 N–H and O–H groups in total. The second kappa shape index (κ2) is 8.39.